The Hall–Kier alpha value is -2.04. The Morgan fingerprint density at radius 2 is 2.05 bits per heavy atom. The Balaban J connectivity index is 2.08. The van der Waals surface area contributed by atoms with Gasteiger partial charge in [-0.15, -0.1) is 0 Å². The maximum Gasteiger partial charge on any atom is 0.404 e. The quantitative estimate of drug-likeness (QED) is 0.796. The van der Waals surface area contributed by atoms with E-state index in [4.69, 9.17) is 5.11 Å². The standard InChI is InChI=1S/C16H23N3O2/c1-16(2,3)13(19-15(20)21)10-11-4-6-12(7-5-11)14-17-8-9-18-14/h4-7,13,19H,8-10H2,1-3H3,(H,17,18)(H,20,21). The Morgan fingerprint density at radius 3 is 2.52 bits per heavy atom. The highest BCUT2D eigenvalue weighted by atomic mass is 16.4. The van der Waals surface area contributed by atoms with Crippen molar-refractivity contribution in [1.29, 1.82) is 0 Å². The number of amides is 1. The lowest BCUT2D eigenvalue weighted by Crippen LogP contribution is -2.44. The van der Waals surface area contributed by atoms with Crippen molar-refractivity contribution in [2.24, 2.45) is 10.4 Å². The van der Waals surface area contributed by atoms with Crippen LogP contribution < -0.4 is 10.6 Å². The molecule has 0 bridgehead atoms. The number of aliphatic imine (C=N–C) groups is 1. The highest BCUT2D eigenvalue weighted by Gasteiger charge is 2.26. The van der Waals surface area contributed by atoms with Crippen molar-refractivity contribution >= 4 is 11.9 Å². The molecule has 3 N–H and O–H groups in total. The van der Waals surface area contributed by atoms with Crippen molar-refractivity contribution in [2.75, 3.05) is 13.1 Å². The number of nitrogens with one attached hydrogen (secondary N) is 2. The molecule has 5 heteroatoms. The van der Waals surface area contributed by atoms with Gasteiger partial charge in [0, 0.05) is 18.2 Å². The zero-order chi connectivity index (χ0) is 15.5. The van der Waals surface area contributed by atoms with Gasteiger partial charge in [0.25, 0.3) is 0 Å². The van der Waals surface area contributed by atoms with E-state index in [1.165, 1.54) is 0 Å². The molecule has 1 aromatic rings. The van der Waals surface area contributed by atoms with Crippen LogP contribution in [0.15, 0.2) is 29.3 Å². The lowest BCUT2D eigenvalue weighted by atomic mass is 9.83. The molecule has 0 saturated heterocycles. The largest absolute Gasteiger partial charge is 0.465 e. The van der Waals surface area contributed by atoms with Gasteiger partial charge in [-0.1, -0.05) is 45.0 Å². The third-order valence-corrected chi connectivity index (χ3v) is 3.68. The molecule has 5 nitrogen and oxygen atoms in total. The summed E-state index contributed by atoms with van der Waals surface area (Å²) in [5.74, 6) is 0.942. The molecular formula is C16H23N3O2. The molecule has 0 radical (unpaired) electrons. The molecule has 114 valence electrons. The number of benzene rings is 1. The van der Waals surface area contributed by atoms with E-state index in [-0.39, 0.29) is 11.5 Å². The average Bonchev–Trinajstić information content (AvgIpc) is 2.91. The van der Waals surface area contributed by atoms with E-state index >= 15 is 0 Å². The molecule has 1 atom stereocenters. The highest BCUT2D eigenvalue weighted by Crippen LogP contribution is 2.23. The van der Waals surface area contributed by atoms with Gasteiger partial charge >= 0.3 is 6.09 Å². The molecule has 1 aliphatic rings. The van der Waals surface area contributed by atoms with E-state index in [1.807, 2.05) is 45.0 Å². The van der Waals surface area contributed by atoms with Gasteiger partial charge in [0.15, 0.2) is 0 Å². The van der Waals surface area contributed by atoms with E-state index < -0.39 is 6.09 Å². The molecule has 21 heavy (non-hydrogen) atoms. The fourth-order valence-corrected chi connectivity index (χ4v) is 2.35. The first-order chi connectivity index (χ1) is 9.86. The summed E-state index contributed by atoms with van der Waals surface area (Å²) in [6, 6.07) is 8.03. The normalized spacial score (nSPS) is 16.0. The molecule has 0 aromatic heterocycles. The van der Waals surface area contributed by atoms with Crippen LogP contribution >= 0.6 is 0 Å². The van der Waals surface area contributed by atoms with Crippen molar-refractivity contribution in [3.05, 3.63) is 35.4 Å². The zero-order valence-corrected chi connectivity index (χ0v) is 12.8. The first-order valence-corrected chi connectivity index (χ1v) is 7.23. The molecule has 1 amide bonds. The van der Waals surface area contributed by atoms with Crippen LogP contribution in [0, 0.1) is 5.41 Å². The molecule has 0 fully saturated rings. The van der Waals surface area contributed by atoms with Crippen LogP contribution in [-0.2, 0) is 6.42 Å². The second kappa shape index (κ2) is 6.16. The minimum Gasteiger partial charge on any atom is -0.465 e. The molecule has 0 saturated carbocycles. The Kier molecular flexibility index (Phi) is 4.50. The number of carboxylic acid groups (broad SMARTS) is 1. The van der Waals surface area contributed by atoms with E-state index in [1.54, 1.807) is 0 Å². The van der Waals surface area contributed by atoms with Crippen LogP contribution in [0.4, 0.5) is 4.79 Å². The van der Waals surface area contributed by atoms with Gasteiger partial charge in [-0.2, -0.15) is 0 Å². The molecule has 1 unspecified atom stereocenters. The minimum atomic E-state index is -0.976. The monoisotopic (exact) mass is 289 g/mol. The topological polar surface area (TPSA) is 73.7 Å². The van der Waals surface area contributed by atoms with Crippen molar-refractivity contribution in [3.63, 3.8) is 0 Å². The van der Waals surface area contributed by atoms with E-state index in [9.17, 15) is 4.79 Å². The number of nitrogens with zero attached hydrogens (tertiary/aromatic N) is 1. The van der Waals surface area contributed by atoms with Crippen molar-refractivity contribution in [3.8, 4) is 0 Å². The molecule has 2 rings (SSSR count). The van der Waals surface area contributed by atoms with Gasteiger partial charge in [0.05, 0.1) is 6.54 Å². The summed E-state index contributed by atoms with van der Waals surface area (Å²) in [6.07, 6.45) is -0.299. The first-order valence-electron chi connectivity index (χ1n) is 7.23. The lowest BCUT2D eigenvalue weighted by Gasteiger charge is -2.30. The number of amidine groups is 1. The van der Waals surface area contributed by atoms with Crippen molar-refractivity contribution in [2.45, 2.75) is 33.2 Å². The van der Waals surface area contributed by atoms with E-state index in [2.05, 4.69) is 15.6 Å². The minimum absolute atomic E-state index is 0.122. The van der Waals surface area contributed by atoms with E-state index in [0.717, 1.165) is 30.1 Å². The van der Waals surface area contributed by atoms with Crippen molar-refractivity contribution in [1.82, 2.24) is 10.6 Å². The van der Waals surface area contributed by atoms with Crippen LogP contribution in [0.5, 0.6) is 0 Å². The Morgan fingerprint density at radius 1 is 1.38 bits per heavy atom. The first kappa shape index (κ1) is 15.4. The van der Waals surface area contributed by atoms with Crippen molar-refractivity contribution < 1.29 is 9.90 Å². The molecule has 1 heterocycles. The molecule has 0 aliphatic carbocycles. The fraction of sp³-hybridized carbons (Fsp3) is 0.500. The Labute approximate surface area is 125 Å². The number of rotatable bonds is 4. The summed E-state index contributed by atoms with van der Waals surface area (Å²) in [5.41, 5.74) is 2.06. The van der Waals surface area contributed by atoms with Gasteiger partial charge in [-0.25, -0.2) is 4.79 Å². The third-order valence-electron chi connectivity index (χ3n) is 3.68. The van der Waals surface area contributed by atoms with Gasteiger partial charge < -0.3 is 15.7 Å². The maximum atomic E-state index is 10.9. The molecular weight excluding hydrogens is 266 g/mol. The second-order valence-corrected chi connectivity index (χ2v) is 6.43. The fourth-order valence-electron chi connectivity index (χ4n) is 2.35. The Bertz CT molecular complexity index is 529. The van der Waals surface area contributed by atoms with Crippen LogP contribution in [-0.4, -0.2) is 36.2 Å². The maximum absolute atomic E-state index is 10.9. The lowest BCUT2D eigenvalue weighted by molar-refractivity contribution is 0.174. The summed E-state index contributed by atoms with van der Waals surface area (Å²) < 4.78 is 0. The van der Waals surface area contributed by atoms with Gasteiger partial charge in [0.1, 0.15) is 5.84 Å². The molecule has 1 aromatic carbocycles. The van der Waals surface area contributed by atoms with E-state index in [0.29, 0.717) is 6.42 Å². The summed E-state index contributed by atoms with van der Waals surface area (Å²) in [6.45, 7) is 7.84. The molecule has 0 spiro atoms. The number of carbonyl (C=O) groups is 1. The average molecular weight is 289 g/mol. The van der Waals surface area contributed by atoms with Crippen LogP contribution in [0.1, 0.15) is 31.9 Å². The second-order valence-electron chi connectivity index (χ2n) is 6.43. The summed E-state index contributed by atoms with van der Waals surface area (Å²) in [5, 5.41) is 14.8. The van der Waals surface area contributed by atoms with Gasteiger partial charge in [-0.05, 0) is 17.4 Å². The zero-order valence-electron chi connectivity index (χ0n) is 12.8. The summed E-state index contributed by atoms with van der Waals surface area (Å²) in [4.78, 5) is 15.3. The summed E-state index contributed by atoms with van der Waals surface area (Å²) >= 11 is 0. The van der Waals surface area contributed by atoms with Gasteiger partial charge in [-0.3, -0.25) is 4.99 Å². The van der Waals surface area contributed by atoms with Crippen LogP contribution in [0.25, 0.3) is 0 Å². The predicted molar refractivity (Wildman–Crippen MR) is 84.0 cm³/mol. The third kappa shape index (κ3) is 4.21. The number of hydrogen-bond acceptors (Lipinski definition) is 3. The predicted octanol–water partition coefficient (Wildman–Crippen LogP) is 2.26. The van der Waals surface area contributed by atoms with Crippen LogP contribution in [0.3, 0.4) is 0 Å². The highest BCUT2D eigenvalue weighted by molar-refractivity contribution is 5.99. The SMILES string of the molecule is CC(C)(C)C(Cc1ccc(C2=NCCN2)cc1)NC(=O)O. The number of hydrogen-bond donors (Lipinski definition) is 3. The smallest absolute Gasteiger partial charge is 0.404 e. The summed E-state index contributed by atoms with van der Waals surface area (Å²) in [7, 11) is 0. The van der Waals surface area contributed by atoms with Gasteiger partial charge in [0.2, 0.25) is 0 Å². The van der Waals surface area contributed by atoms with Crippen LogP contribution in [0.2, 0.25) is 0 Å². The molecule has 1 aliphatic heterocycles.